The minimum Gasteiger partial charge on any atom is -0.462 e. The van der Waals surface area contributed by atoms with E-state index >= 15 is 0 Å². The predicted octanol–water partition coefficient (Wildman–Crippen LogP) is 6.33. The van der Waals surface area contributed by atoms with Crippen LogP contribution in [0.15, 0.2) is 12.2 Å². The third kappa shape index (κ3) is 22.7. The van der Waals surface area contributed by atoms with Crippen LogP contribution in [-0.2, 0) is 32.7 Å². The largest absolute Gasteiger partial charge is 0.472 e. The van der Waals surface area contributed by atoms with E-state index in [1.54, 1.807) is 0 Å². The van der Waals surface area contributed by atoms with E-state index in [1.807, 2.05) is 0 Å². The number of rotatable bonds is 32. The third-order valence-electron chi connectivity index (χ3n) is 9.36. The minimum atomic E-state index is -5.10. The molecule has 13 nitrogen and oxygen atoms in total. The van der Waals surface area contributed by atoms with Crippen LogP contribution in [0.1, 0.15) is 162 Å². The second kappa shape index (κ2) is 29.9. The summed E-state index contributed by atoms with van der Waals surface area (Å²) in [5.74, 6) is -1.11. The number of allylic oxidation sites excluding steroid dienone is 2. The van der Waals surface area contributed by atoms with Gasteiger partial charge in [-0.05, 0) is 38.5 Å². The van der Waals surface area contributed by atoms with Crippen molar-refractivity contribution in [3.63, 3.8) is 0 Å². The van der Waals surface area contributed by atoms with Crippen LogP contribution in [0.4, 0.5) is 0 Å². The Kier molecular flexibility index (Phi) is 27.9. The van der Waals surface area contributed by atoms with Gasteiger partial charge in [0.1, 0.15) is 43.2 Å². The van der Waals surface area contributed by atoms with Gasteiger partial charge in [-0.25, -0.2) is 4.57 Å². The highest BCUT2D eigenvalue weighted by molar-refractivity contribution is 7.47. The molecular formula is C38H71O13P. The number of carbonyl (C=O) groups is 2. The topological polar surface area (TPSA) is 210 Å². The molecule has 0 aromatic rings. The Balaban J connectivity index is 2.53. The summed E-state index contributed by atoms with van der Waals surface area (Å²) in [5, 5.41) is 49.9. The molecule has 1 rings (SSSR count). The number of carbonyl (C=O) groups excluding carboxylic acids is 2. The summed E-state index contributed by atoms with van der Waals surface area (Å²) in [6.45, 7) is 3.23. The van der Waals surface area contributed by atoms with Crippen LogP contribution in [0.25, 0.3) is 0 Å². The van der Waals surface area contributed by atoms with Crippen LogP contribution < -0.4 is 0 Å². The van der Waals surface area contributed by atoms with E-state index in [1.165, 1.54) is 64.2 Å². The van der Waals surface area contributed by atoms with Crippen molar-refractivity contribution in [3.8, 4) is 0 Å². The molecule has 0 amide bonds. The lowest BCUT2D eigenvalue weighted by Crippen LogP contribution is -2.64. The average Bonchev–Trinajstić information content (AvgIpc) is 3.12. The normalized spacial score (nSPS) is 23.8. The molecule has 14 heteroatoms. The summed E-state index contributed by atoms with van der Waals surface area (Å²) in [4.78, 5) is 35.4. The Hall–Kier alpha value is -1.41. The number of hydrogen-bond acceptors (Lipinski definition) is 12. The van der Waals surface area contributed by atoms with Crippen molar-refractivity contribution in [2.75, 3.05) is 13.2 Å². The Bertz CT molecular complexity index is 980. The number of aliphatic hydroxyl groups excluding tert-OH is 5. The van der Waals surface area contributed by atoms with E-state index in [0.717, 1.165) is 57.8 Å². The number of esters is 2. The number of ether oxygens (including phenoxy) is 2. The lowest BCUT2D eigenvalue weighted by molar-refractivity contribution is -0.220. The molecule has 0 heterocycles. The zero-order chi connectivity index (χ0) is 38.6. The maximum Gasteiger partial charge on any atom is 0.472 e. The molecule has 0 aromatic carbocycles. The predicted molar refractivity (Wildman–Crippen MR) is 198 cm³/mol. The number of hydrogen-bond donors (Lipinski definition) is 6. The third-order valence-corrected chi connectivity index (χ3v) is 10.3. The molecule has 1 aliphatic carbocycles. The molecule has 6 atom stereocenters. The van der Waals surface area contributed by atoms with Gasteiger partial charge in [-0.1, -0.05) is 122 Å². The molecule has 1 fully saturated rings. The minimum absolute atomic E-state index is 0.0900. The Morgan fingerprint density at radius 2 is 0.981 bits per heavy atom. The Labute approximate surface area is 312 Å². The zero-order valence-electron chi connectivity index (χ0n) is 31.9. The standard InChI is InChI=1S/C38H71O13P/c1-3-5-7-9-11-13-14-15-16-17-19-21-23-25-27-32(40)50-30(28-48-31(39)26-24-22-20-18-12-10-8-6-4-2)29-49-52(46,47)51-38-36(44)34(42)33(41)35(43)37(38)45/h14-15,30,33-38,41-45H,3-13,16-29H2,1-2H3,(H,46,47)/b15-14-. The molecule has 6 unspecified atom stereocenters. The van der Waals surface area contributed by atoms with Gasteiger partial charge in [-0.2, -0.15) is 0 Å². The van der Waals surface area contributed by atoms with Gasteiger partial charge in [0.25, 0.3) is 0 Å². The molecule has 306 valence electrons. The Morgan fingerprint density at radius 3 is 1.46 bits per heavy atom. The van der Waals surface area contributed by atoms with E-state index in [9.17, 15) is 44.6 Å². The maximum atomic E-state index is 12.7. The second-order valence-electron chi connectivity index (χ2n) is 14.1. The lowest BCUT2D eigenvalue weighted by Gasteiger charge is -2.41. The first-order valence-electron chi connectivity index (χ1n) is 20.0. The first-order chi connectivity index (χ1) is 24.9. The first kappa shape index (κ1) is 48.6. The molecule has 0 bridgehead atoms. The fourth-order valence-electron chi connectivity index (χ4n) is 6.05. The van der Waals surface area contributed by atoms with E-state index in [4.69, 9.17) is 18.5 Å². The van der Waals surface area contributed by atoms with Gasteiger partial charge in [-0.3, -0.25) is 18.6 Å². The van der Waals surface area contributed by atoms with Crippen LogP contribution in [0, 0.1) is 0 Å². The summed E-state index contributed by atoms with van der Waals surface area (Å²) in [6, 6.07) is 0. The summed E-state index contributed by atoms with van der Waals surface area (Å²) in [7, 11) is -5.10. The lowest BCUT2D eigenvalue weighted by atomic mass is 9.85. The molecule has 0 saturated heterocycles. The van der Waals surface area contributed by atoms with Gasteiger partial charge in [-0.15, -0.1) is 0 Å². The number of phosphoric acid groups is 1. The quantitative estimate of drug-likeness (QED) is 0.0192. The van der Waals surface area contributed by atoms with Crippen molar-refractivity contribution in [2.45, 2.75) is 204 Å². The molecule has 1 saturated carbocycles. The summed E-state index contributed by atoms with van der Waals surface area (Å²) >= 11 is 0. The zero-order valence-corrected chi connectivity index (χ0v) is 32.8. The second-order valence-corrected chi connectivity index (χ2v) is 15.5. The SMILES string of the molecule is CCCCCCC/C=C\CCCCCCCC(=O)OC(COC(=O)CCCCCCCCCCC)COP(=O)(O)OC1C(O)C(O)C(O)C(O)C1O. The molecule has 0 aliphatic heterocycles. The highest BCUT2D eigenvalue weighted by atomic mass is 31.2. The highest BCUT2D eigenvalue weighted by Crippen LogP contribution is 2.47. The van der Waals surface area contributed by atoms with Crippen molar-refractivity contribution in [1.29, 1.82) is 0 Å². The van der Waals surface area contributed by atoms with Gasteiger partial charge in [0, 0.05) is 12.8 Å². The van der Waals surface area contributed by atoms with Gasteiger partial charge in [0.15, 0.2) is 6.10 Å². The van der Waals surface area contributed by atoms with E-state index in [-0.39, 0.29) is 12.8 Å². The van der Waals surface area contributed by atoms with Crippen LogP contribution in [0.5, 0.6) is 0 Å². The summed E-state index contributed by atoms with van der Waals surface area (Å²) < 4.78 is 33.3. The molecular weight excluding hydrogens is 695 g/mol. The van der Waals surface area contributed by atoms with Gasteiger partial charge in [0.05, 0.1) is 6.61 Å². The fourth-order valence-corrected chi connectivity index (χ4v) is 7.02. The first-order valence-corrected chi connectivity index (χ1v) is 21.5. The van der Waals surface area contributed by atoms with Crippen molar-refractivity contribution in [3.05, 3.63) is 12.2 Å². The van der Waals surface area contributed by atoms with Gasteiger partial charge in [0.2, 0.25) is 0 Å². The van der Waals surface area contributed by atoms with E-state index < -0.39 is 75.7 Å². The molecule has 52 heavy (non-hydrogen) atoms. The van der Waals surface area contributed by atoms with Crippen LogP contribution >= 0.6 is 7.82 Å². The van der Waals surface area contributed by atoms with E-state index in [2.05, 4.69) is 26.0 Å². The summed E-state index contributed by atoms with van der Waals surface area (Å²) in [6.07, 6.45) is 14.4. The molecule has 0 aromatic heterocycles. The van der Waals surface area contributed by atoms with Crippen molar-refractivity contribution in [2.24, 2.45) is 0 Å². The number of phosphoric ester groups is 1. The average molecular weight is 767 g/mol. The van der Waals surface area contributed by atoms with Crippen molar-refractivity contribution < 1.29 is 63.1 Å². The van der Waals surface area contributed by atoms with Crippen molar-refractivity contribution >= 4 is 19.8 Å². The van der Waals surface area contributed by atoms with Crippen LogP contribution in [0.2, 0.25) is 0 Å². The summed E-state index contributed by atoms with van der Waals surface area (Å²) in [5.41, 5.74) is 0. The van der Waals surface area contributed by atoms with Gasteiger partial charge >= 0.3 is 19.8 Å². The monoisotopic (exact) mass is 766 g/mol. The highest BCUT2D eigenvalue weighted by Gasteiger charge is 2.51. The fraction of sp³-hybridized carbons (Fsp3) is 0.895. The molecule has 6 N–H and O–H groups in total. The van der Waals surface area contributed by atoms with Crippen LogP contribution in [-0.4, -0.2) is 98.3 Å². The van der Waals surface area contributed by atoms with Crippen LogP contribution in [0.3, 0.4) is 0 Å². The number of unbranched alkanes of at least 4 members (excludes halogenated alkanes) is 18. The number of aliphatic hydroxyl groups is 5. The molecule has 1 aliphatic rings. The smallest absolute Gasteiger partial charge is 0.462 e. The van der Waals surface area contributed by atoms with Crippen molar-refractivity contribution in [1.82, 2.24) is 0 Å². The van der Waals surface area contributed by atoms with E-state index in [0.29, 0.717) is 12.8 Å². The van der Waals surface area contributed by atoms with Gasteiger partial charge < -0.3 is 39.9 Å². The molecule has 0 radical (unpaired) electrons. The molecule has 0 spiro atoms. The maximum absolute atomic E-state index is 12.7. The Morgan fingerprint density at radius 1 is 0.577 bits per heavy atom.